The second-order valence-electron chi connectivity index (χ2n) is 4.03. The number of carbonyl (C=O) groups excluding carboxylic acids is 1. The monoisotopic (exact) mass is 261 g/mol. The highest BCUT2D eigenvalue weighted by Crippen LogP contribution is 2.24. The Hall–Kier alpha value is -2.34. The van der Waals surface area contributed by atoms with E-state index in [1.54, 1.807) is 31.2 Å². The molecule has 3 N–H and O–H groups in total. The minimum Gasteiger partial charge on any atom is -0.397 e. The highest BCUT2D eigenvalue weighted by molar-refractivity contribution is 6.07. The number of aromatic nitrogens is 1. The average Bonchev–Trinajstić information content (AvgIpc) is 2.82. The van der Waals surface area contributed by atoms with Crippen LogP contribution in [0.5, 0.6) is 0 Å². The van der Waals surface area contributed by atoms with E-state index in [4.69, 9.17) is 15.4 Å². The molecular formula is C13H15N3O3. The lowest BCUT2D eigenvalue weighted by molar-refractivity contribution is 0.0979. The number of rotatable bonds is 4. The predicted molar refractivity (Wildman–Crippen MR) is 70.9 cm³/mol. The molecule has 0 atom stereocenters. The summed E-state index contributed by atoms with van der Waals surface area (Å²) < 4.78 is 4.89. The van der Waals surface area contributed by atoms with Crippen molar-refractivity contribution in [3.05, 3.63) is 41.8 Å². The molecule has 6 nitrogen and oxygen atoms in total. The summed E-state index contributed by atoms with van der Waals surface area (Å²) >= 11 is 0. The molecule has 0 aliphatic heterocycles. The Kier molecular flexibility index (Phi) is 3.82. The Balaban J connectivity index is 2.39. The lowest BCUT2D eigenvalue weighted by atomic mass is 10.2. The number of aryl methyl sites for hydroxylation is 1. The van der Waals surface area contributed by atoms with Gasteiger partial charge in [-0.25, -0.2) is 0 Å². The predicted octanol–water partition coefficient (Wildman–Crippen LogP) is 1.20. The summed E-state index contributed by atoms with van der Waals surface area (Å²) in [6.07, 6.45) is 1.36. The lowest BCUT2D eigenvalue weighted by Gasteiger charge is -2.22. The fourth-order valence-corrected chi connectivity index (χ4v) is 1.81. The summed E-state index contributed by atoms with van der Waals surface area (Å²) in [4.78, 5) is 13.8. The Bertz CT molecular complexity index is 580. The summed E-state index contributed by atoms with van der Waals surface area (Å²) in [6, 6.07) is 6.99. The summed E-state index contributed by atoms with van der Waals surface area (Å²) in [7, 11) is 0. The zero-order chi connectivity index (χ0) is 13.8. The topological polar surface area (TPSA) is 92.6 Å². The van der Waals surface area contributed by atoms with Crippen molar-refractivity contribution in [2.75, 3.05) is 23.8 Å². The van der Waals surface area contributed by atoms with Gasteiger partial charge in [0.15, 0.2) is 0 Å². The average molecular weight is 261 g/mol. The van der Waals surface area contributed by atoms with Crippen LogP contribution >= 0.6 is 0 Å². The van der Waals surface area contributed by atoms with Gasteiger partial charge in [-0.2, -0.15) is 0 Å². The second-order valence-corrected chi connectivity index (χ2v) is 4.03. The third-order valence-corrected chi connectivity index (χ3v) is 2.78. The minimum atomic E-state index is -0.300. The molecule has 0 aliphatic carbocycles. The molecule has 1 amide bonds. The van der Waals surface area contributed by atoms with E-state index in [1.807, 2.05) is 0 Å². The van der Waals surface area contributed by atoms with Gasteiger partial charge in [0.2, 0.25) is 0 Å². The number of nitrogens with zero attached hydrogens (tertiary/aromatic N) is 2. The van der Waals surface area contributed by atoms with Crippen LogP contribution in [0.25, 0.3) is 0 Å². The number of nitrogen functional groups attached to an aromatic ring is 1. The Morgan fingerprint density at radius 2 is 2.21 bits per heavy atom. The first-order valence-electron chi connectivity index (χ1n) is 5.83. The molecular weight excluding hydrogens is 246 g/mol. The fourth-order valence-electron chi connectivity index (χ4n) is 1.81. The molecule has 0 radical (unpaired) electrons. The van der Waals surface area contributed by atoms with Crippen molar-refractivity contribution in [1.82, 2.24) is 5.16 Å². The number of benzene rings is 1. The van der Waals surface area contributed by atoms with Crippen LogP contribution in [-0.4, -0.2) is 29.3 Å². The molecule has 1 heterocycles. The van der Waals surface area contributed by atoms with E-state index in [0.29, 0.717) is 22.7 Å². The van der Waals surface area contributed by atoms with Crippen LogP contribution in [0.3, 0.4) is 0 Å². The zero-order valence-electron chi connectivity index (χ0n) is 10.5. The van der Waals surface area contributed by atoms with E-state index in [0.717, 1.165) is 0 Å². The van der Waals surface area contributed by atoms with Gasteiger partial charge >= 0.3 is 0 Å². The molecule has 6 heteroatoms. The van der Waals surface area contributed by atoms with Gasteiger partial charge in [-0.1, -0.05) is 17.3 Å². The first-order valence-corrected chi connectivity index (χ1v) is 5.83. The maximum absolute atomic E-state index is 12.4. The summed E-state index contributed by atoms with van der Waals surface area (Å²) in [6.45, 7) is 1.65. The van der Waals surface area contributed by atoms with Crippen LogP contribution in [0.1, 0.15) is 16.1 Å². The van der Waals surface area contributed by atoms with Crippen molar-refractivity contribution >= 4 is 17.3 Å². The number of aliphatic hydroxyl groups is 1. The molecule has 1 aromatic carbocycles. The number of aliphatic hydroxyl groups excluding tert-OH is 1. The Morgan fingerprint density at radius 3 is 2.79 bits per heavy atom. The van der Waals surface area contributed by atoms with Crippen molar-refractivity contribution in [2.45, 2.75) is 6.92 Å². The molecule has 0 fully saturated rings. The molecule has 2 aromatic rings. The van der Waals surface area contributed by atoms with Gasteiger partial charge in [0.05, 0.1) is 24.2 Å². The smallest absolute Gasteiger partial charge is 0.263 e. The molecule has 100 valence electrons. The van der Waals surface area contributed by atoms with Crippen LogP contribution in [0.2, 0.25) is 0 Å². The maximum atomic E-state index is 12.4. The standard InChI is InChI=1S/C13H15N3O3/c1-9-10(8-15-19-9)13(18)16(6-7-17)12-5-3-2-4-11(12)14/h2-5,8,17H,6-7,14H2,1H3. The minimum absolute atomic E-state index is 0.150. The molecule has 0 bridgehead atoms. The van der Waals surface area contributed by atoms with Crippen LogP contribution in [0.4, 0.5) is 11.4 Å². The molecule has 0 unspecified atom stereocenters. The molecule has 1 aromatic heterocycles. The van der Waals surface area contributed by atoms with Gasteiger partial charge < -0.3 is 20.3 Å². The molecule has 2 rings (SSSR count). The van der Waals surface area contributed by atoms with Gasteiger partial charge in [0.25, 0.3) is 5.91 Å². The van der Waals surface area contributed by atoms with E-state index in [9.17, 15) is 4.79 Å². The van der Waals surface area contributed by atoms with Crippen LogP contribution in [0.15, 0.2) is 35.0 Å². The number of anilines is 2. The molecule has 19 heavy (non-hydrogen) atoms. The highest BCUT2D eigenvalue weighted by atomic mass is 16.5. The number of carbonyl (C=O) groups is 1. The number of hydrogen-bond donors (Lipinski definition) is 2. The van der Waals surface area contributed by atoms with Crippen LogP contribution in [0, 0.1) is 6.92 Å². The summed E-state index contributed by atoms with van der Waals surface area (Å²) in [5, 5.41) is 12.7. The Labute approximate surface area is 110 Å². The van der Waals surface area contributed by atoms with Gasteiger partial charge in [-0.15, -0.1) is 0 Å². The van der Waals surface area contributed by atoms with Crippen molar-refractivity contribution < 1.29 is 14.4 Å². The number of hydrogen-bond acceptors (Lipinski definition) is 5. The summed E-state index contributed by atoms with van der Waals surface area (Å²) in [5.74, 6) is 0.133. The van der Waals surface area contributed by atoms with E-state index < -0.39 is 0 Å². The Morgan fingerprint density at radius 1 is 1.47 bits per heavy atom. The van der Waals surface area contributed by atoms with Gasteiger partial charge in [0.1, 0.15) is 11.3 Å². The highest BCUT2D eigenvalue weighted by Gasteiger charge is 2.22. The second kappa shape index (κ2) is 5.53. The quantitative estimate of drug-likeness (QED) is 0.807. The summed E-state index contributed by atoms with van der Waals surface area (Å²) in [5.41, 5.74) is 7.25. The fraction of sp³-hybridized carbons (Fsp3) is 0.231. The van der Waals surface area contributed by atoms with Crippen LogP contribution in [-0.2, 0) is 0 Å². The SMILES string of the molecule is Cc1oncc1C(=O)N(CCO)c1ccccc1N. The van der Waals surface area contributed by atoms with E-state index in [-0.39, 0.29) is 19.1 Å². The number of para-hydroxylation sites is 2. The van der Waals surface area contributed by atoms with Crippen molar-refractivity contribution in [3.63, 3.8) is 0 Å². The number of amides is 1. The first-order chi connectivity index (χ1) is 9.15. The van der Waals surface area contributed by atoms with E-state index in [1.165, 1.54) is 11.1 Å². The van der Waals surface area contributed by atoms with Gasteiger partial charge in [0, 0.05) is 6.54 Å². The molecule has 0 aliphatic rings. The van der Waals surface area contributed by atoms with Crippen molar-refractivity contribution in [3.8, 4) is 0 Å². The van der Waals surface area contributed by atoms with Crippen LogP contribution < -0.4 is 10.6 Å². The molecule has 0 saturated heterocycles. The van der Waals surface area contributed by atoms with E-state index >= 15 is 0 Å². The van der Waals surface area contributed by atoms with Crippen molar-refractivity contribution in [2.24, 2.45) is 0 Å². The van der Waals surface area contributed by atoms with E-state index in [2.05, 4.69) is 5.16 Å². The zero-order valence-corrected chi connectivity index (χ0v) is 10.5. The maximum Gasteiger partial charge on any atom is 0.263 e. The third kappa shape index (κ3) is 2.58. The van der Waals surface area contributed by atoms with Gasteiger partial charge in [-0.05, 0) is 19.1 Å². The first kappa shape index (κ1) is 13.1. The van der Waals surface area contributed by atoms with Crippen molar-refractivity contribution in [1.29, 1.82) is 0 Å². The molecule has 0 saturated carbocycles. The lowest BCUT2D eigenvalue weighted by Crippen LogP contribution is -2.34. The van der Waals surface area contributed by atoms with Gasteiger partial charge in [-0.3, -0.25) is 4.79 Å². The largest absolute Gasteiger partial charge is 0.397 e. The molecule has 0 spiro atoms. The normalized spacial score (nSPS) is 10.4. The third-order valence-electron chi connectivity index (χ3n) is 2.78. The number of nitrogens with two attached hydrogens (primary N) is 1.